The maximum absolute atomic E-state index is 11.9. The number of aliphatic hydroxyl groups is 1. The lowest BCUT2D eigenvalue weighted by Gasteiger charge is -2.36. The molecule has 0 unspecified atom stereocenters. The third-order valence-corrected chi connectivity index (χ3v) is 3.41. The molecule has 0 aromatic rings. The van der Waals surface area contributed by atoms with Gasteiger partial charge < -0.3 is 9.84 Å². The van der Waals surface area contributed by atoms with Crippen molar-refractivity contribution in [2.24, 2.45) is 5.41 Å². The summed E-state index contributed by atoms with van der Waals surface area (Å²) in [5, 5.41) is 9.73. The topological polar surface area (TPSA) is 46.5 Å². The van der Waals surface area contributed by atoms with E-state index in [0.717, 1.165) is 18.4 Å². The Balaban J connectivity index is 2.42. The second kappa shape index (κ2) is 3.49. The zero-order valence-electron chi connectivity index (χ0n) is 9.12. The van der Waals surface area contributed by atoms with E-state index in [4.69, 9.17) is 4.74 Å². The second-order valence-electron chi connectivity index (χ2n) is 4.37. The van der Waals surface area contributed by atoms with E-state index in [1.807, 2.05) is 6.92 Å². The Labute approximate surface area is 89.4 Å². The molecule has 0 radical (unpaired) electrons. The number of rotatable bonds is 1. The van der Waals surface area contributed by atoms with Crippen molar-refractivity contribution in [2.45, 2.75) is 32.3 Å². The first-order valence-corrected chi connectivity index (χ1v) is 5.27. The number of Topliss-reactive ketones (excluding diaryl/α,β-unsaturated/α-hetero) is 1. The van der Waals surface area contributed by atoms with E-state index >= 15 is 0 Å². The average Bonchev–Trinajstić information content (AvgIpc) is 2.21. The van der Waals surface area contributed by atoms with Crippen LogP contribution in [0.25, 0.3) is 0 Å². The molecule has 2 aliphatic rings. The van der Waals surface area contributed by atoms with Crippen molar-refractivity contribution in [3.63, 3.8) is 0 Å². The fourth-order valence-electron chi connectivity index (χ4n) is 2.39. The summed E-state index contributed by atoms with van der Waals surface area (Å²) < 4.78 is 5.08. The van der Waals surface area contributed by atoms with Crippen LogP contribution >= 0.6 is 0 Å². The van der Waals surface area contributed by atoms with Crippen LogP contribution in [0.15, 0.2) is 23.5 Å². The molecule has 2 atom stereocenters. The third kappa shape index (κ3) is 1.51. The SMILES string of the molecule is COC1=C[C@]2(C)C(=O)CCCC2=C[C@@H]1O. The molecule has 0 aromatic carbocycles. The summed E-state index contributed by atoms with van der Waals surface area (Å²) in [7, 11) is 1.52. The lowest BCUT2D eigenvalue weighted by molar-refractivity contribution is -0.125. The number of allylic oxidation sites excluding steroid dienone is 2. The largest absolute Gasteiger partial charge is 0.498 e. The Morgan fingerprint density at radius 1 is 1.53 bits per heavy atom. The highest BCUT2D eigenvalue weighted by atomic mass is 16.5. The molecule has 0 spiro atoms. The number of ketones is 1. The van der Waals surface area contributed by atoms with Gasteiger partial charge in [0.15, 0.2) is 0 Å². The van der Waals surface area contributed by atoms with E-state index < -0.39 is 11.5 Å². The molecule has 0 saturated heterocycles. The van der Waals surface area contributed by atoms with Gasteiger partial charge in [0.1, 0.15) is 17.6 Å². The van der Waals surface area contributed by atoms with Gasteiger partial charge >= 0.3 is 0 Å². The molecule has 2 rings (SSSR count). The average molecular weight is 208 g/mol. The molecule has 82 valence electrons. The molecular weight excluding hydrogens is 192 g/mol. The predicted molar refractivity (Wildman–Crippen MR) is 56.1 cm³/mol. The van der Waals surface area contributed by atoms with E-state index in [1.165, 1.54) is 7.11 Å². The molecule has 0 bridgehead atoms. The molecule has 0 aromatic heterocycles. The van der Waals surface area contributed by atoms with E-state index in [9.17, 15) is 9.90 Å². The molecule has 0 amide bonds. The molecule has 0 aliphatic heterocycles. The highest BCUT2D eigenvalue weighted by Crippen LogP contribution is 2.43. The summed E-state index contributed by atoms with van der Waals surface area (Å²) in [6.45, 7) is 1.91. The van der Waals surface area contributed by atoms with Crippen molar-refractivity contribution in [1.29, 1.82) is 0 Å². The maximum Gasteiger partial charge on any atom is 0.146 e. The van der Waals surface area contributed by atoms with Crippen LogP contribution in [0, 0.1) is 5.41 Å². The van der Waals surface area contributed by atoms with Crippen molar-refractivity contribution in [3.8, 4) is 0 Å². The van der Waals surface area contributed by atoms with E-state index in [-0.39, 0.29) is 5.78 Å². The normalized spacial score (nSPS) is 35.4. The molecule has 3 nitrogen and oxygen atoms in total. The van der Waals surface area contributed by atoms with Crippen LogP contribution < -0.4 is 0 Å². The smallest absolute Gasteiger partial charge is 0.146 e. The number of carbonyl (C=O) groups excluding carboxylic acids is 1. The van der Waals surface area contributed by atoms with Gasteiger partial charge in [-0.05, 0) is 31.9 Å². The highest BCUT2D eigenvalue weighted by Gasteiger charge is 2.41. The first kappa shape index (κ1) is 10.4. The minimum absolute atomic E-state index is 0.224. The number of carbonyl (C=O) groups is 1. The van der Waals surface area contributed by atoms with Gasteiger partial charge in [-0.25, -0.2) is 0 Å². The lowest BCUT2D eigenvalue weighted by atomic mass is 9.68. The fourth-order valence-corrected chi connectivity index (χ4v) is 2.39. The van der Waals surface area contributed by atoms with Crippen LogP contribution in [-0.2, 0) is 9.53 Å². The van der Waals surface area contributed by atoms with Gasteiger partial charge in [0.2, 0.25) is 0 Å². The van der Waals surface area contributed by atoms with Crippen molar-refractivity contribution in [1.82, 2.24) is 0 Å². The quantitative estimate of drug-likeness (QED) is 0.665. The number of hydrogen-bond donors (Lipinski definition) is 1. The van der Waals surface area contributed by atoms with Crippen molar-refractivity contribution in [3.05, 3.63) is 23.5 Å². The molecule has 3 heteroatoms. The molecular formula is C12H16O3. The molecule has 1 fully saturated rings. The summed E-state index contributed by atoms with van der Waals surface area (Å²) in [5.41, 5.74) is 0.495. The lowest BCUT2D eigenvalue weighted by Crippen LogP contribution is -2.36. The minimum Gasteiger partial charge on any atom is -0.498 e. The Bertz CT molecular complexity index is 354. The highest BCUT2D eigenvalue weighted by molar-refractivity contribution is 5.91. The first-order chi connectivity index (χ1) is 7.08. The van der Waals surface area contributed by atoms with Crippen molar-refractivity contribution >= 4 is 5.78 Å². The van der Waals surface area contributed by atoms with E-state index in [2.05, 4.69) is 0 Å². The molecule has 1 N–H and O–H groups in total. The van der Waals surface area contributed by atoms with Crippen LogP contribution in [0.2, 0.25) is 0 Å². The minimum atomic E-state index is -0.691. The summed E-state index contributed by atoms with van der Waals surface area (Å²) in [6.07, 6.45) is 5.25. The fraction of sp³-hybridized carbons (Fsp3) is 0.583. The Morgan fingerprint density at radius 3 is 2.93 bits per heavy atom. The van der Waals surface area contributed by atoms with Crippen LogP contribution in [0.4, 0.5) is 0 Å². The molecule has 1 saturated carbocycles. The molecule has 2 aliphatic carbocycles. The monoisotopic (exact) mass is 208 g/mol. The van der Waals surface area contributed by atoms with E-state index in [0.29, 0.717) is 12.2 Å². The summed E-state index contributed by atoms with van der Waals surface area (Å²) in [6, 6.07) is 0. The predicted octanol–water partition coefficient (Wildman–Crippen LogP) is 1.58. The van der Waals surface area contributed by atoms with Gasteiger partial charge in [-0.15, -0.1) is 0 Å². The third-order valence-electron chi connectivity index (χ3n) is 3.41. The number of aliphatic hydroxyl groups excluding tert-OH is 1. The van der Waals surface area contributed by atoms with Crippen LogP contribution in [-0.4, -0.2) is 24.1 Å². The summed E-state index contributed by atoms with van der Waals surface area (Å²) in [5.74, 6) is 0.706. The summed E-state index contributed by atoms with van der Waals surface area (Å²) >= 11 is 0. The number of ether oxygens (including phenoxy) is 1. The number of methoxy groups -OCH3 is 1. The Kier molecular flexibility index (Phi) is 2.43. The van der Waals surface area contributed by atoms with Crippen molar-refractivity contribution < 1.29 is 14.6 Å². The van der Waals surface area contributed by atoms with Crippen LogP contribution in [0.5, 0.6) is 0 Å². The van der Waals surface area contributed by atoms with Crippen LogP contribution in [0.3, 0.4) is 0 Å². The van der Waals surface area contributed by atoms with Gasteiger partial charge in [-0.2, -0.15) is 0 Å². The Hall–Kier alpha value is -1.09. The zero-order chi connectivity index (χ0) is 11.1. The standard InChI is InChI=1S/C12H16O3/c1-12-7-10(15-2)9(13)6-8(12)4-3-5-11(12)14/h6-7,9,13H,3-5H2,1-2H3/t9-,12-/m0/s1. The van der Waals surface area contributed by atoms with Gasteiger partial charge in [-0.3, -0.25) is 4.79 Å². The first-order valence-electron chi connectivity index (χ1n) is 5.27. The Morgan fingerprint density at radius 2 is 2.27 bits per heavy atom. The van der Waals surface area contributed by atoms with Gasteiger partial charge in [0, 0.05) is 6.42 Å². The molecule has 0 heterocycles. The van der Waals surface area contributed by atoms with Gasteiger partial charge in [0.25, 0.3) is 0 Å². The van der Waals surface area contributed by atoms with Gasteiger partial charge in [-0.1, -0.05) is 5.57 Å². The zero-order valence-corrected chi connectivity index (χ0v) is 9.12. The number of hydrogen-bond acceptors (Lipinski definition) is 3. The molecule has 15 heavy (non-hydrogen) atoms. The van der Waals surface area contributed by atoms with Crippen LogP contribution in [0.1, 0.15) is 26.2 Å². The summed E-state index contributed by atoms with van der Waals surface area (Å²) in [4.78, 5) is 11.9. The van der Waals surface area contributed by atoms with Gasteiger partial charge in [0.05, 0.1) is 12.5 Å². The maximum atomic E-state index is 11.9. The van der Waals surface area contributed by atoms with E-state index in [1.54, 1.807) is 12.2 Å². The van der Waals surface area contributed by atoms with Crippen molar-refractivity contribution in [2.75, 3.05) is 7.11 Å². The number of fused-ring (bicyclic) bond motifs is 1. The second-order valence-corrected chi connectivity index (χ2v) is 4.37.